The van der Waals surface area contributed by atoms with E-state index in [1.54, 1.807) is 13.8 Å². The molecule has 0 saturated carbocycles. The monoisotopic (exact) mass is 287 g/mol. The first kappa shape index (κ1) is 15.6. The van der Waals surface area contributed by atoms with Gasteiger partial charge in [-0.3, -0.25) is 5.41 Å². The highest BCUT2D eigenvalue weighted by atomic mass is 32.2. The van der Waals surface area contributed by atoms with Crippen LogP contribution < -0.4 is 10.5 Å². The number of hydrogen-bond donors (Lipinski definition) is 4. The number of rotatable bonds is 7. The average Bonchev–Trinajstić information content (AvgIpc) is 2.85. The number of amidine groups is 1. The fourth-order valence-corrected chi connectivity index (χ4v) is 3.27. The summed E-state index contributed by atoms with van der Waals surface area (Å²) in [7, 11) is -3.77. The molecule has 0 fully saturated rings. The van der Waals surface area contributed by atoms with Crippen molar-refractivity contribution in [2.45, 2.75) is 50.6 Å². The second-order valence-corrected chi connectivity index (χ2v) is 6.01. The predicted octanol–water partition coefficient (Wildman–Crippen LogP) is 0.745. The van der Waals surface area contributed by atoms with E-state index < -0.39 is 15.6 Å². The molecular formula is C11H21N5O2S. The van der Waals surface area contributed by atoms with Gasteiger partial charge in [-0.15, -0.1) is 0 Å². The Morgan fingerprint density at radius 2 is 2.05 bits per heavy atom. The number of H-pyrrole nitrogens is 1. The van der Waals surface area contributed by atoms with Crippen molar-refractivity contribution in [2.75, 3.05) is 0 Å². The number of aryl methyl sites for hydroxylation is 1. The molecule has 1 rings (SSSR count). The molecule has 1 aromatic rings. The quantitative estimate of drug-likeness (QED) is 0.436. The van der Waals surface area contributed by atoms with Gasteiger partial charge in [-0.25, -0.2) is 13.4 Å². The van der Waals surface area contributed by atoms with Crippen LogP contribution in [0.5, 0.6) is 0 Å². The lowest BCUT2D eigenvalue weighted by molar-refractivity contribution is 0.457. The van der Waals surface area contributed by atoms with Crippen LogP contribution in [0.3, 0.4) is 0 Å². The lowest BCUT2D eigenvalue weighted by Crippen LogP contribution is -2.56. The van der Waals surface area contributed by atoms with Gasteiger partial charge in [-0.05, 0) is 12.8 Å². The Kier molecular flexibility index (Phi) is 4.70. The Bertz CT molecular complexity index is 545. The van der Waals surface area contributed by atoms with Crippen LogP contribution in [0.4, 0.5) is 0 Å². The van der Waals surface area contributed by atoms with E-state index in [0.717, 1.165) is 0 Å². The van der Waals surface area contributed by atoms with Gasteiger partial charge >= 0.3 is 0 Å². The third kappa shape index (κ3) is 3.13. The largest absolute Gasteiger partial charge is 0.386 e. The minimum absolute atomic E-state index is 0.00289. The summed E-state index contributed by atoms with van der Waals surface area (Å²) in [4.78, 5) is 6.71. The van der Waals surface area contributed by atoms with Crippen LogP contribution in [0.25, 0.3) is 0 Å². The van der Waals surface area contributed by atoms with E-state index in [9.17, 15) is 8.42 Å². The molecule has 108 valence electrons. The molecule has 0 aromatic carbocycles. The smallest absolute Gasteiger partial charge is 0.258 e. The van der Waals surface area contributed by atoms with Crippen LogP contribution in [0.2, 0.25) is 0 Å². The third-order valence-corrected chi connectivity index (χ3v) is 4.73. The summed E-state index contributed by atoms with van der Waals surface area (Å²) >= 11 is 0. The molecule has 1 aromatic heterocycles. The SMILES string of the molecule is CCc1ncc(S(=O)(=O)NC(CC)(CC)C(=N)N)[nH]1. The van der Waals surface area contributed by atoms with Crippen molar-refractivity contribution in [1.29, 1.82) is 5.41 Å². The van der Waals surface area contributed by atoms with Crippen molar-refractivity contribution in [3.8, 4) is 0 Å². The summed E-state index contributed by atoms with van der Waals surface area (Å²) in [5.74, 6) is 0.415. The maximum Gasteiger partial charge on any atom is 0.258 e. The standard InChI is InChI=1S/C11H21N5O2S/c1-4-8-14-7-9(15-8)19(17,18)16-11(5-2,6-3)10(12)13/h7,16H,4-6H2,1-3H3,(H3,12,13)(H,14,15). The molecule has 0 aliphatic rings. The van der Waals surface area contributed by atoms with Gasteiger partial charge in [0.15, 0.2) is 5.03 Å². The molecule has 19 heavy (non-hydrogen) atoms. The maximum atomic E-state index is 12.3. The summed E-state index contributed by atoms with van der Waals surface area (Å²) in [6.07, 6.45) is 2.71. The second-order valence-electron chi connectivity index (χ2n) is 4.36. The highest BCUT2D eigenvalue weighted by Crippen LogP contribution is 2.19. The topological polar surface area (TPSA) is 125 Å². The summed E-state index contributed by atoms with van der Waals surface area (Å²) in [5, 5.41) is 7.61. The number of nitrogens with two attached hydrogens (primary N) is 1. The summed E-state index contributed by atoms with van der Waals surface area (Å²) in [5.41, 5.74) is 4.49. The maximum absolute atomic E-state index is 12.3. The molecule has 0 unspecified atom stereocenters. The van der Waals surface area contributed by atoms with Gasteiger partial charge in [0.1, 0.15) is 11.7 Å². The molecule has 0 aliphatic heterocycles. The number of sulfonamides is 1. The summed E-state index contributed by atoms with van der Waals surface area (Å²) < 4.78 is 27.0. The zero-order valence-corrected chi connectivity index (χ0v) is 12.3. The first-order valence-electron chi connectivity index (χ1n) is 6.23. The fraction of sp³-hybridized carbons (Fsp3) is 0.636. The highest BCUT2D eigenvalue weighted by molar-refractivity contribution is 7.89. The van der Waals surface area contributed by atoms with Crippen molar-refractivity contribution >= 4 is 15.9 Å². The number of nitrogens with one attached hydrogen (secondary N) is 3. The van der Waals surface area contributed by atoms with E-state index in [0.29, 0.717) is 25.1 Å². The van der Waals surface area contributed by atoms with Crippen LogP contribution in [0.1, 0.15) is 39.4 Å². The number of imidazole rings is 1. The van der Waals surface area contributed by atoms with Crippen LogP contribution in [-0.2, 0) is 16.4 Å². The number of aromatic amines is 1. The minimum atomic E-state index is -3.77. The number of nitrogens with zero attached hydrogens (tertiary/aromatic N) is 1. The van der Waals surface area contributed by atoms with E-state index >= 15 is 0 Å². The Hall–Kier alpha value is -1.41. The van der Waals surface area contributed by atoms with Gasteiger partial charge in [0.05, 0.1) is 11.7 Å². The van der Waals surface area contributed by atoms with E-state index in [1.807, 2.05) is 6.92 Å². The lowest BCUT2D eigenvalue weighted by atomic mass is 9.93. The van der Waals surface area contributed by atoms with Crippen molar-refractivity contribution in [3.63, 3.8) is 0 Å². The van der Waals surface area contributed by atoms with E-state index in [4.69, 9.17) is 11.1 Å². The summed E-state index contributed by atoms with van der Waals surface area (Å²) in [6.45, 7) is 5.45. The average molecular weight is 287 g/mol. The first-order chi connectivity index (χ1) is 8.81. The number of aromatic nitrogens is 2. The zero-order valence-electron chi connectivity index (χ0n) is 11.4. The highest BCUT2D eigenvalue weighted by Gasteiger charge is 2.35. The molecule has 0 bridgehead atoms. The van der Waals surface area contributed by atoms with Crippen molar-refractivity contribution in [1.82, 2.24) is 14.7 Å². The third-order valence-electron chi connectivity index (χ3n) is 3.28. The van der Waals surface area contributed by atoms with Crippen LogP contribution in [0.15, 0.2) is 11.2 Å². The predicted molar refractivity (Wildman–Crippen MR) is 73.5 cm³/mol. The molecule has 1 heterocycles. The van der Waals surface area contributed by atoms with Gasteiger partial charge in [0.2, 0.25) is 0 Å². The molecule has 0 radical (unpaired) electrons. The molecule has 0 aliphatic carbocycles. The Morgan fingerprint density at radius 3 is 2.42 bits per heavy atom. The molecule has 0 amide bonds. The molecule has 0 spiro atoms. The number of hydrogen-bond acceptors (Lipinski definition) is 4. The Labute approximate surface area is 113 Å². The van der Waals surface area contributed by atoms with Gasteiger partial charge in [-0.2, -0.15) is 4.72 Å². The van der Waals surface area contributed by atoms with Crippen molar-refractivity contribution < 1.29 is 8.42 Å². The molecule has 7 nitrogen and oxygen atoms in total. The van der Waals surface area contributed by atoms with Crippen molar-refractivity contribution in [2.24, 2.45) is 5.73 Å². The normalized spacial score (nSPS) is 12.6. The molecule has 0 saturated heterocycles. The Balaban J connectivity index is 3.10. The lowest BCUT2D eigenvalue weighted by Gasteiger charge is -2.30. The van der Waals surface area contributed by atoms with E-state index in [-0.39, 0.29) is 10.9 Å². The van der Waals surface area contributed by atoms with Crippen LogP contribution in [-0.4, -0.2) is 29.8 Å². The first-order valence-corrected chi connectivity index (χ1v) is 7.72. The minimum Gasteiger partial charge on any atom is -0.386 e. The fourth-order valence-electron chi connectivity index (χ4n) is 1.80. The van der Waals surface area contributed by atoms with Gasteiger partial charge in [0, 0.05) is 6.42 Å². The van der Waals surface area contributed by atoms with Gasteiger partial charge in [0.25, 0.3) is 10.0 Å². The Morgan fingerprint density at radius 1 is 1.47 bits per heavy atom. The summed E-state index contributed by atoms with van der Waals surface area (Å²) in [6, 6.07) is 0. The molecular weight excluding hydrogens is 266 g/mol. The van der Waals surface area contributed by atoms with Gasteiger partial charge < -0.3 is 10.7 Å². The van der Waals surface area contributed by atoms with Gasteiger partial charge in [-0.1, -0.05) is 20.8 Å². The van der Waals surface area contributed by atoms with Crippen LogP contribution >= 0.6 is 0 Å². The molecule has 5 N–H and O–H groups in total. The molecule has 0 atom stereocenters. The van der Waals surface area contributed by atoms with Crippen LogP contribution in [0, 0.1) is 5.41 Å². The van der Waals surface area contributed by atoms with Crippen molar-refractivity contribution in [3.05, 3.63) is 12.0 Å². The van der Waals surface area contributed by atoms with E-state index in [2.05, 4.69) is 14.7 Å². The second kappa shape index (κ2) is 5.70. The van der Waals surface area contributed by atoms with E-state index in [1.165, 1.54) is 6.20 Å². The molecule has 8 heteroatoms. The zero-order chi connectivity index (χ0) is 14.7.